The Labute approximate surface area is 177 Å². The molecule has 0 atom stereocenters. The normalized spacial score (nSPS) is 18.3. The Morgan fingerprint density at radius 1 is 1.10 bits per heavy atom. The van der Waals surface area contributed by atoms with E-state index in [0.29, 0.717) is 17.0 Å². The highest BCUT2D eigenvalue weighted by atomic mass is 35.5. The second-order valence-corrected chi connectivity index (χ2v) is 8.59. The van der Waals surface area contributed by atoms with Crippen LogP contribution in [0.15, 0.2) is 61.2 Å². The first kappa shape index (κ1) is 20.0. The van der Waals surface area contributed by atoms with Gasteiger partial charge in [0, 0.05) is 48.9 Å². The van der Waals surface area contributed by atoms with Crippen molar-refractivity contribution in [1.82, 2.24) is 9.80 Å². The maximum atomic E-state index is 12.7. The zero-order valence-electron chi connectivity index (χ0n) is 16.6. The maximum Gasteiger partial charge on any atom is 0.253 e. The van der Waals surface area contributed by atoms with E-state index in [0.717, 1.165) is 56.9 Å². The number of likely N-dealkylation sites (tertiary alicyclic amines) is 2. The highest BCUT2D eigenvalue weighted by Gasteiger charge is 2.45. The molecule has 0 N–H and O–H groups in total. The fourth-order valence-electron chi connectivity index (χ4n) is 4.45. The van der Waals surface area contributed by atoms with E-state index in [2.05, 4.69) is 23.6 Å². The molecule has 2 heterocycles. The van der Waals surface area contributed by atoms with E-state index in [1.165, 1.54) is 5.56 Å². The zero-order chi connectivity index (χ0) is 20.3. The van der Waals surface area contributed by atoms with Crippen molar-refractivity contribution in [3.05, 3.63) is 77.3 Å². The van der Waals surface area contributed by atoms with Gasteiger partial charge in [-0.1, -0.05) is 42.5 Å². The highest BCUT2D eigenvalue weighted by molar-refractivity contribution is 6.30. The lowest BCUT2D eigenvalue weighted by Gasteiger charge is -2.54. The zero-order valence-corrected chi connectivity index (χ0v) is 17.4. The molecule has 0 radical (unpaired) electrons. The van der Waals surface area contributed by atoms with Gasteiger partial charge in [0.05, 0.1) is 0 Å². The van der Waals surface area contributed by atoms with Crippen molar-refractivity contribution >= 4 is 17.5 Å². The Hall–Kier alpha value is -2.30. The van der Waals surface area contributed by atoms with Crippen LogP contribution in [-0.4, -0.2) is 48.5 Å². The number of carbonyl (C=O) groups is 1. The van der Waals surface area contributed by atoms with Crippen LogP contribution in [0, 0.1) is 5.41 Å². The molecule has 0 unspecified atom stereocenters. The fraction of sp³-hybridized carbons (Fsp3) is 0.375. The van der Waals surface area contributed by atoms with Gasteiger partial charge in [-0.15, -0.1) is 0 Å². The van der Waals surface area contributed by atoms with Gasteiger partial charge in [-0.05, 0) is 48.6 Å². The lowest BCUT2D eigenvalue weighted by Crippen LogP contribution is -2.60. The third-order valence-electron chi connectivity index (χ3n) is 6.04. The Bertz CT molecular complexity index is 865. The number of benzene rings is 2. The van der Waals surface area contributed by atoms with Gasteiger partial charge < -0.3 is 9.64 Å². The minimum absolute atomic E-state index is 0.112. The predicted octanol–water partition coefficient (Wildman–Crippen LogP) is 4.64. The molecule has 2 aliphatic rings. The Kier molecular flexibility index (Phi) is 5.93. The topological polar surface area (TPSA) is 32.8 Å². The number of hydrogen-bond acceptors (Lipinski definition) is 3. The van der Waals surface area contributed by atoms with Crippen molar-refractivity contribution in [2.24, 2.45) is 5.41 Å². The van der Waals surface area contributed by atoms with E-state index in [4.69, 9.17) is 16.3 Å². The Morgan fingerprint density at radius 2 is 1.79 bits per heavy atom. The van der Waals surface area contributed by atoms with Crippen LogP contribution in [0.3, 0.4) is 0 Å². The summed E-state index contributed by atoms with van der Waals surface area (Å²) in [4.78, 5) is 17.2. The summed E-state index contributed by atoms with van der Waals surface area (Å²) in [5, 5.41) is 0.658. The molecule has 1 spiro atoms. The Morgan fingerprint density at radius 3 is 2.48 bits per heavy atom. The van der Waals surface area contributed by atoms with Gasteiger partial charge in [0.1, 0.15) is 12.4 Å². The van der Waals surface area contributed by atoms with Gasteiger partial charge in [-0.2, -0.15) is 0 Å². The molecule has 0 bridgehead atoms. The van der Waals surface area contributed by atoms with Gasteiger partial charge in [0.15, 0.2) is 0 Å². The van der Waals surface area contributed by atoms with Crippen LogP contribution in [0.25, 0.3) is 0 Å². The highest BCUT2D eigenvalue weighted by Crippen LogP contribution is 2.41. The second-order valence-electron chi connectivity index (χ2n) is 8.15. The first-order valence-corrected chi connectivity index (χ1v) is 10.6. The monoisotopic (exact) mass is 410 g/mol. The van der Waals surface area contributed by atoms with Crippen molar-refractivity contribution in [3.8, 4) is 5.75 Å². The molecule has 4 nitrogen and oxygen atoms in total. The second kappa shape index (κ2) is 8.60. The van der Waals surface area contributed by atoms with Gasteiger partial charge in [-0.3, -0.25) is 9.69 Å². The summed E-state index contributed by atoms with van der Waals surface area (Å²) >= 11 is 5.93. The first-order valence-electron chi connectivity index (χ1n) is 10.2. The fourth-order valence-corrected chi connectivity index (χ4v) is 4.58. The van der Waals surface area contributed by atoms with Gasteiger partial charge in [-0.25, -0.2) is 0 Å². The van der Waals surface area contributed by atoms with Crippen LogP contribution >= 0.6 is 11.6 Å². The average molecular weight is 411 g/mol. The molecule has 152 valence electrons. The molecular weight excluding hydrogens is 384 g/mol. The summed E-state index contributed by atoms with van der Waals surface area (Å²) in [6, 6.07) is 15.4. The summed E-state index contributed by atoms with van der Waals surface area (Å²) in [5.74, 6) is 1.05. The molecule has 2 aromatic carbocycles. The summed E-state index contributed by atoms with van der Waals surface area (Å²) < 4.78 is 5.79. The van der Waals surface area contributed by atoms with Crippen molar-refractivity contribution in [3.63, 3.8) is 0 Å². The van der Waals surface area contributed by atoms with E-state index >= 15 is 0 Å². The number of hydrogen-bond donors (Lipinski definition) is 0. The third-order valence-corrected chi connectivity index (χ3v) is 6.30. The molecule has 0 saturated carbocycles. The average Bonchev–Trinajstić information content (AvgIpc) is 2.72. The summed E-state index contributed by atoms with van der Waals surface area (Å²) in [6.45, 7) is 8.99. The molecule has 2 fully saturated rings. The van der Waals surface area contributed by atoms with E-state index in [1.807, 2.05) is 29.2 Å². The van der Waals surface area contributed by atoms with E-state index in [-0.39, 0.29) is 5.91 Å². The van der Waals surface area contributed by atoms with Crippen LogP contribution in [0.5, 0.6) is 5.75 Å². The molecule has 2 saturated heterocycles. The molecule has 1 amide bonds. The van der Waals surface area contributed by atoms with Gasteiger partial charge in [0.2, 0.25) is 0 Å². The Balaban J connectivity index is 1.29. The number of ether oxygens (including phenoxy) is 1. The maximum absolute atomic E-state index is 12.7. The van der Waals surface area contributed by atoms with E-state index in [9.17, 15) is 4.79 Å². The standard InChI is InChI=1S/C24H27ClN2O2/c1-2-15-29-22-6-4-3-5-20(22)16-26-17-24(18-26)11-13-27(14-12-24)23(28)19-7-9-21(25)10-8-19/h2-10H,1,11-18H2. The molecule has 2 aliphatic heterocycles. The van der Waals surface area contributed by atoms with Crippen LogP contribution in [0.2, 0.25) is 5.02 Å². The molecule has 29 heavy (non-hydrogen) atoms. The number of para-hydroxylation sites is 1. The predicted molar refractivity (Wildman–Crippen MR) is 116 cm³/mol. The molecular formula is C24H27ClN2O2. The molecule has 0 aliphatic carbocycles. The van der Waals surface area contributed by atoms with E-state index < -0.39 is 0 Å². The van der Waals surface area contributed by atoms with Crippen molar-refractivity contribution < 1.29 is 9.53 Å². The number of halogens is 1. The minimum Gasteiger partial charge on any atom is -0.489 e. The quantitative estimate of drug-likeness (QED) is 0.650. The minimum atomic E-state index is 0.112. The number of nitrogens with zero attached hydrogens (tertiary/aromatic N) is 2. The van der Waals surface area contributed by atoms with E-state index in [1.54, 1.807) is 18.2 Å². The summed E-state index contributed by atoms with van der Waals surface area (Å²) in [5.41, 5.74) is 2.30. The largest absolute Gasteiger partial charge is 0.489 e. The molecule has 4 rings (SSSR count). The third kappa shape index (κ3) is 4.49. The van der Waals surface area contributed by atoms with Crippen molar-refractivity contribution in [2.75, 3.05) is 32.8 Å². The number of piperidine rings is 1. The smallest absolute Gasteiger partial charge is 0.253 e. The van der Waals surface area contributed by atoms with Crippen LogP contribution in [0.4, 0.5) is 0 Å². The lowest BCUT2D eigenvalue weighted by molar-refractivity contribution is -0.0468. The number of carbonyl (C=O) groups excluding carboxylic acids is 1. The molecule has 5 heteroatoms. The van der Waals surface area contributed by atoms with Crippen LogP contribution in [-0.2, 0) is 6.54 Å². The summed E-state index contributed by atoms with van der Waals surface area (Å²) in [7, 11) is 0. The first-order chi connectivity index (χ1) is 14.1. The van der Waals surface area contributed by atoms with Crippen molar-refractivity contribution in [2.45, 2.75) is 19.4 Å². The SMILES string of the molecule is C=CCOc1ccccc1CN1CC2(CCN(C(=O)c3ccc(Cl)cc3)CC2)C1. The van der Waals surface area contributed by atoms with Gasteiger partial charge >= 0.3 is 0 Å². The van der Waals surface area contributed by atoms with Gasteiger partial charge in [0.25, 0.3) is 5.91 Å². The molecule has 0 aromatic heterocycles. The van der Waals surface area contributed by atoms with Crippen molar-refractivity contribution in [1.29, 1.82) is 0 Å². The molecule has 2 aromatic rings. The van der Waals surface area contributed by atoms with Crippen LogP contribution < -0.4 is 4.74 Å². The number of rotatable bonds is 6. The number of amides is 1. The van der Waals surface area contributed by atoms with Crippen LogP contribution in [0.1, 0.15) is 28.8 Å². The summed E-state index contributed by atoms with van der Waals surface area (Å²) in [6.07, 6.45) is 3.91. The lowest BCUT2D eigenvalue weighted by atomic mass is 9.72.